The SMILES string of the molecule is CCCCOC(=O)Nc1ccn([C@H]2O[C@H](COC(=O)CCC(=O)OC[C@H]3O[C@@H](n4ccc(CC(=O)OCc5ccccc5)nc4=O)C(F)(F)[C@@H]3O)[C@@H](O)C2(F)F)c(=O)n1. The van der Waals surface area contributed by atoms with Gasteiger partial charge in [0.05, 0.1) is 31.6 Å². The number of aliphatic hydroxyl groups excluding tert-OH is 2. The van der Waals surface area contributed by atoms with Gasteiger partial charge in [-0.2, -0.15) is 27.5 Å². The van der Waals surface area contributed by atoms with Gasteiger partial charge < -0.3 is 38.6 Å². The van der Waals surface area contributed by atoms with Crippen LogP contribution in [0.15, 0.2) is 64.4 Å². The summed E-state index contributed by atoms with van der Waals surface area (Å²) in [5.41, 5.74) is -1.90. The highest BCUT2D eigenvalue weighted by Crippen LogP contribution is 2.43. The van der Waals surface area contributed by atoms with Crippen molar-refractivity contribution in [3.8, 4) is 0 Å². The first-order valence-corrected chi connectivity index (χ1v) is 18.1. The number of halogens is 4. The van der Waals surface area contributed by atoms with Gasteiger partial charge in [-0.15, -0.1) is 0 Å². The fraction of sp³-hybridized carbons (Fsp3) is 0.500. The Bertz CT molecular complexity index is 2090. The van der Waals surface area contributed by atoms with E-state index < -0.39 is 117 Å². The molecule has 6 atom stereocenters. The van der Waals surface area contributed by atoms with Crippen LogP contribution in [0.25, 0.3) is 0 Å². The number of hydrogen-bond acceptors (Lipinski definition) is 16. The van der Waals surface area contributed by atoms with Crippen LogP contribution in [0.4, 0.5) is 28.2 Å². The Morgan fingerprint density at radius 2 is 1.31 bits per heavy atom. The molecule has 5 rings (SSSR count). The number of alkyl halides is 4. The molecule has 1 aromatic carbocycles. The number of benzene rings is 1. The zero-order chi connectivity index (χ0) is 42.9. The lowest BCUT2D eigenvalue weighted by Crippen LogP contribution is -2.42. The van der Waals surface area contributed by atoms with E-state index >= 15 is 8.78 Å². The molecule has 0 spiro atoms. The topological polar surface area (TPSA) is 246 Å². The maximum atomic E-state index is 15.0. The van der Waals surface area contributed by atoms with Crippen molar-refractivity contribution in [3.05, 3.63) is 87.1 Å². The van der Waals surface area contributed by atoms with Crippen LogP contribution in [-0.4, -0.2) is 109 Å². The molecule has 2 aliphatic rings. The summed E-state index contributed by atoms with van der Waals surface area (Å²) in [6.07, 6.45) is -13.3. The predicted octanol–water partition coefficient (Wildman–Crippen LogP) is 1.79. The minimum absolute atomic E-state index is 0.0414. The molecule has 320 valence electrons. The molecule has 59 heavy (non-hydrogen) atoms. The van der Waals surface area contributed by atoms with Gasteiger partial charge in [0.15, 0.2) is 12.2 Å². The molecule has 4 heterocycles. The summed E-state index contributed by atoms with van der Waals surface area (Å²) in [5, 5.41) is 22.6. The van der Waals surface area contributed by atoms with Gasteiger partial charge in [0.1, 0.15) is 37.8 Å². The molecule has 0 saturated carbocycles. The van der Waals surface area contributed by atoms with Crippen molar-refractivity contribution in [1.29, 1.82) is 0 Å². The van der Waals surface area contributed by atoms with Crippen molar-refractivity contribution in [1.82, 2.24) is 19.1 Å². The fourth-order valence-electron chi connectivity index (χ4n) is 5.68. The van der Waals surface area contributed by atoms with Crippen molar-refractivity contribution < 1.29 is 75.4 Å². The van der Waals surface area contributed by atoms with Crippen LogP contribution in [-0.2, 0) is 55.8 Å². The Morgan fingerprint density at radius 3 is 1.83 bits per heavy atom. The van der Waals surface area contributed by atoms with E-state index in [4.69, 9.17) is 28.4 Å². The standard InChI is InChI=1S/C36H39F4N5O14/c1-2-3-15-54-34(53)43-24-12-14-45(33(52)42-24)31-36(39,40)29(50)23(59-31)19-57-26(47)10-9-25(46)56-18-22-28(49)35(37,38)30(58-22)44-13-11-21(41-32(44)51)16-27(48)55-17-20-7-5-4-6-8-20/h4-8,11-14,22-23,28-31,49-50H,2-3,9-10,15-19H2,1H3,(H,42,43,52,53)/t22-,23-,28-,29-,30-,31+/m1/s1. The summed E-state index contributed by atoms with van der Waals surface area (Å²) >= 11 is 0. The maximum absolute atomic E-state index is 15.0. The third kappa shape index (κ3) is 11.0. The van der Waals surface area contributed by atoms with Gasteiger partial charge in [-0.05, 0) is 24.1 Å². The van der Waals surface area contributed by atoms with E-state index in [2.05, 4.69) is 15.3 Å². The van der Waals surface area contributed by atoms with Crippen molar-refractivity contribution in [2.75, 3.05) is 25.1 Å². The van der Waals surface area contributed by atoms with E-state index in [0.717, 1.165) is 30.9 Å². The van der Waals surface area contributed by atoms with E-state index in [0.29, 0.717) is 21.1 Å². The molecule has 2 saturated heterocycles. The zero-order valence-corrected chi connectivity index (χ0v) is 31.1. The average molecular weight is 842 g/mol. The number of hydrogen-bond donors (Lipinski definition) is 3. The first-order chi connectivity index (χ1) is 28.0. The summed E-state index contributed by atoms with van der Waals surface area (Å²) in [6, 6.07) is 10.9. The van der Waals surface area contributed by atoms with Crippen LogP contribution in [0.5, 0.6) is 0 Å². The summed E-state index contributed by atoms with van der Waals surface area (Å²) in [7, 11) is 0. The maximum Gasteiger partial charge on any atom is 0.412 e. The largest absolute Gasteiger partial charge is 0.463 e. The van der Waals surface area contributed by atoms with Crippen LogP contribution < -0.4 is 16.7 Å². The Labute approximate surface area is 330 Å². The lowest BCUT2D eigenvalue weighted by Gasteiger charge is -2.21. The molecular formula is C36H39F4N5O14. The molecule has 0 unspecified atom stereocenters. The van der Waals surface area contributed by atoms with Gasteiger partial charge in [-0.25, -0.2) is 14.4 Å². The van der Waals surface area contributed by atoms with Crippen LogP contribution in [0.3, 0.4) is 0 Å². The number of unbranched alkanes of at least 4 members (excludes halogenated alkanes) is 1. The first-order valence-electron chi connectivity index (χ1n) is 18.1. The molecule has 3 N–H and O–H groups in total. The lowest BCUT2D eigenvalue weighted by molar-refractivity contribution is -0.157. The fourth-order valence-corrected chi connectivity index (χ4v) is 5.68. The van der Waals surface area contributed by atoms with Crippen molar-refractivity contribution in [2.24, 2.45) is 0 Å². The number of carbonyl (C=O) groups excluding carboxylic acids is 4. The van der Waals surface area contributed by atoms with Gasteiger partial charge in [0.25, 0.3) is 0 Å². The predicted molar refractivity (Wildman–Crippen MR) is 188 cm³/mol. The Hall–Kier alpha value is -5.78. The van der Waals surface area contributed by atoms with Gasteiger partial charge in [0, 0.05) is 12.4 Å². The molecule has 2 aromatic heterocycles. The quantitative estimate of drug-likeness (QED) is 0.0759. The monoisotopic (exact) mass is 841 g/mol. The second-order valence-corrected chi connectivity index (χ2v) is 13.2. The van der Waals surface area contributed by atoms with E-state index in [-0.39, 0.29) is 24.7 Å². The number of aliphatic hydroxyl groups is 2. The van der Waals surface area contributed by atoms with E-state index in [1.54, 1.807) is 30.3 Å². The van der Waals surface area contributed by atoms with Crippen LogP contribution >= 0.6 is 0 Å². The summed E-state index contributed by atoms with van der Waals surface area (Å²) in [4.78, 5) is 80.9. The number of carbonyl (C=O) groups is 4. The average Bonchev–Trinajstić information content (AvgIpc) is 3.56. The van der Waals surface area contributed by atoms with Gasteiger partial charge in [-0.3, -0.25) is 28.8 Å². The number of nitrogens with zero attached hydrogens (tertiary/aromatic N) is 4. The second kappa shape index (κ2) is 19.3. The molecule has 0 radical (unpaired) electrons. The smallest absolute Gasteiger partial charge is 0.412 e. The Kier molecular flexibility index (Phi) is 14.5. The number of rotatable bonds is 17. The van der Waals surface area contributed by atoms with Gasteiger partial charge in [-0.1, -0.05) is 43.7 Å². The zero-order valence-electron chi connectivity index (χ0n) is 31.1. The third-order valence-corrected chi connectivity index (χ3v) is 8.86. The summed E-state index contributed by atoms with van der Waals surface area (Å²) < 4.78 is 90.8. The Morgan fingerprint density at radius 1 is 0.763 bits per heavy atom. The minimum Gasteiger partial charge on any atom is -0.463 e. The number of amides is 1. The van der Waals surface area contributed by atoms with Crippen molar-refractivity contribution in [2.45, 2.75) is 94.4 Å². The molecule has 1 amide bonds. The molecule has 0 aliphatic carbocycles. The van der Waals surface area contributed by atoms with E-state index in [1.165, 1.54) is 0 Å². The normalized spacial score (nSPS) is 23.0. The molecular weight excluding hydrogens is 802 g/mol. The van der Waals surface area contributed by atoms with Crippen molar-refractivity contribution in [3.63, 3.8) is 0 Å². The summed E-state index contributed by atoms with van der Waals surface area (Å²) in [6.45, 7) is 0.0396. The van der Waals surface area contributed by atoms with Gasteiger partial charge in [0.2, 0.25) is 12.5 Å². The highest BCUT2D eigenvalue weighted by Gasteiger charge is 2.61. The minimum atomic E-state index is -4.09. The Balaban J connectivity index is 1.06. The lowest BCUT2D eigenvalue weighted by atomic mass is 10.1. The second-order valence-electron chi connectivity index (χ2n) is 13.2. The van der Waals surface area contributed by atoms with Crippen LogP contribution in [0, 0.1) is 0 Å². The highest BCUT2D eigenvalue weighted by molar-refractivity contribution is 5.83. The summed E-state index contributed by atoms with van der Waals surface area (Å²) in [5.74, 6) is -11.5. The number of esters is 3. The van der Waals surface area contributed by atoms with E-state index in [9.17, 15) is 47.8 Å². The molecule has 2 fully saturated rings. The molecule has 19 nitrogen and oxygen atoms in total. The molecule has 0 bridgehead atoms. The molecule has 3 aromatic rings. The van der Waals surface area contributed by atoms with Crippen LogP contribution in [0.1, 0.15) is 56.3 Å². The third-order valence-electron chi connectivity index (χ3n) is 8.86. The number of ether oxygens (including phenoxy) is 6. The number of nitrogens with one attached hydrogen (secondary N) is 1. The number of aromatic nitrogens is 4. The van der Waals surface area contributed by atoms with Gasteiger partial charge >= 0.3 is 47.2 Å². The van der Waals surface area contributed by atoms with Crippen LogP contribution in [0.2, 0.25) is 0 Å². The number of anilines is 1. The van der Waals surface area contributed by atoms with Crippen molar-refractivity contribution >= 4 is 29.8 Å². The van der Waals surface area contributed by atoms with E-state index in [1.807, 2.05) is 6.92 Å². The molecule has 23 heteroatoms. The first kappa shape index (κ1) is 44.3. The molecule has 2 aliphatic heterocycles. The highest BCUT2D eigenvalue weighted by atomic mass is 19.3.